The van der Waals surface area contributed by atoms with Crippen LogP contribution < -0.4 is 4.72 Å². The van der Waals surface area contributed by atoms with E-state index in [0.29, 0.717) is 17.8 Å². The van der Waals surface area contributed by atoms with E-state index in [1.165, 1.54) is 24.3 Å². The SMILES string of the molecule is Cc1ccccc1NS(=O)(=O)c1ccc(C(=O)N(C)Cc2cnn(C)c2)cc1. The Bertz CT molecular complexity index is 1090. The summed E-state index contributed by atoms with van der Waals surface area (Å²) >= 11 is 0. The van der Waals surface area contributed by atoms with Gasteiger partial charge in [-0.1, -0.05) is 18.2 Å². The molecule has 0 saturated carbocycles. The summed E-state index contributed by atoms with van der Waals surface area (Å²) in [5.74, 6) is -0.195. The predicted molar refractivity (Wildman–Crippen MR) is 107 cm³/mol. The van der Waals surface area contributed by atoms with Crippen molar-refractivity contribution in [2.45, 2.75) is 18.4 Å². The number of sulfonamides is 1. The second kappa shape index (κ2) is 7.85. The Kier molecular flexibility index (Phi) is 5.51. The van der Waals surface area contributed by atoms with E-state index in [1.807, 2.05) is 32.3 Å². The molecular weight excluding hydrogens is 376 g/mol. The first-order chi connectivity index (χ1) is 13.3. The lowest BCUT2D eigenvalue weighted by Gasteiger charge is -2.16. The Balaban J connectivity index is 1.73. The van der Waals surface area contributed by atoms with Gasteiger partial charge in [-0.05, 0) is 42.8 Å². The molecule has 3 rings (SSSR count). The van der Waals surface area contributed by atoms with Gasteiger partial charge in [-0.2, -0.15) is 5.10 Å². The minimum atomic E-state index is -3.73. The van der Waals surface area contributed by atoms with Crippen LogP contribution in [0.25, 0.3) is 0 Å². The first-order valence-electron chi connectivity index (χ1n) is 8.68. The number of carbonyl (C=O) groups is 1. The molecule has 0 fully saturated rings. The van der Waals surface area contributed by atoms with E-state index in [2.05, 4.69) is 9.82 Å². The number of amides is 1. The van der Waals surface area contributed by atoms with Gasteiger partial charge in [0.2, 0.25) is 0 Å². The van der Waals surface area contributed by atoms with Crippen LogP contribution in [0.1, 0.15) is 21.5 Å². The Morgan fingerprint density at radius 1 is 1.14 bits per heavy atom. The van der Waals surface area contributed by atoms with Gasteiger partial charge in [-0.15, -0.1) is 0 Å². The number of nitrogens with zero attached hydrogens (tertiary/aromatic N) is 3. The van der Waals surface area contributed by atoms with E-state index >= 15 is 0 Å². The van der Waals surface area contributed by atoms with Crippen molar-refractivity contribution in [2.24, 2.45) is 7.05 Å². The highest BCUT2D eigenvalue weighted by Gasteiger charge is 2.17. The maximum Gasteiger partial charge on any atom is 0.261 e. The second-order valence-electron chi connectivity index (χ2n) is 6.63. The van der Waals surface area contributed by atoms with Gasteiger partial charge in [0, 0.05) is 38.0 Å². The predicted octanol–water partition coefficient (Wildman–Crippen LogP) is 2.80. The molecule has 1 amide bonds. The van der Waals surface area contributed by atoms with Crippen molar-refractivity contribution in [3.8, 4) is 0 Å². The third kappa shape index (κ3) is 4.40. The van der Waals surface area contributed by atoms with Crippen LogP contribution in [0.5, 0.6) is 0 Å². The molecule has 1 heterocycles. The van der Waals surface area contributed by atoms with Gasteiger partial charge in [0.25, 0.3) is 15.9 Å². The number of nitrogens with one attached hydrogen (secondary N) is 1. The molecule has 0 aliphatic carbocycles. The summed E-state index contributed by atoms with van der Waals surface area (Å²) in [5, 5.41) is 4.09. The Labute approximate surface area is 164 Å². The van der Waals surface area contributed by atoms with Crippen LogP contribution >= 0.6 is 0 Å². The molecule has 0 aliphatic heterocycles. The van der Waals surface area contributed by atoms with Crippen LogP contribution in [0.4, 0.5) is 5.69 Å². The van der Waals surface area contributed by atoms with E-state index in [1.54, 1.807) is 35.0 Å². The smallest absolute Gasteiger partial charge is 0.261 e. The maximum absolute atomic E-state index is 12.6. The van der Waals surface area contributed by atoms with Gasteiger partial charge in [-0.25, -0.2) is 8.42 Å². The number of para-hydroxylation sites is 1. The average Bonchev–Trinajstić information content (AvgIpc) is 3.07. The van der Waals surface area contributed by atoms with Crippen molar-refractivity contribution in [3.05, 3.63) is 77.6 Å². The van der Waals surface area contributed by atoms with E-state index in [0.717, 1.165) is 11.1 Å². The quantitative estimate of drug-likeness (QED) is 0.692. The molecular formula is C20H22N4O3S. The second-order valence-corrected chi connectivity index (χ2v) is 8.31. The molecule has 3 aromatic rings. The lowest BCUT2D eigenvalue weighted by atomic mass is 10.2. The van der Waals surface area contributed by atoms with Crippen molar-refractivity contribution in [1.29, 1.82) is 0 Å². The highest BCUT2D eigenvalue weighted by atomic mass is 32.2. The number of benzene rings is 2. The van der Waals surface area contributed by atoms with Crippen LogP contribution in [0, 0.1) is 6.92 Å². The zero-order valence-corrected chi connectivity index (χ0v) is 16.8. The summed E-state index contributed by atoms with van der Waals surface area (Å²) < 4.78 is 29.4. The summed E-state index contributed by atoms with van der Waals surface area (Å²) in [6, 6.07) is 13.1. The number of aromatic nitrogens is 2. The third-order valence-corrected chi connectivity index (χ3v) is 5.71. The van der Waals surface area contributed by atoms with Crippen LogP contribution in [0.3, 0.4) is 0 Å². The summed E-state index contributed by atoms with van der Waals surface area (Å²) in [7, 11) is -0.221. The zero-order chi connectivity index (χ0) is 20.3. The standard InChI is InChI=1S/C20H22N4O3S/c1-15-6-4-5-7-19(15)22-28(26,27)18-10-8-17(9-11-18)20(25)23(2)13-16-12-21-24(3)14-16/h4-12,14,22H,13H2,1-3H3. The van der Waals surface area contributed by atoms with Gasteiger partial charge >= 0.3 is 0 Å². The zero-order valence-electron chi connectivity index (χ0n) is 16.0. The van der Waals surface area contributed by atoms with E-state index in [4.69, 9.17) is 0 Å². The molecule has 1 N–H and O–H groups in total. The Morgan fingerprint density at radius 3 is 2.43 bits per heavy atom. The molecule has 146 valence electrons. The van der Waals surface area contributed by atoms with Crippen molar-refractivity contribution < 1.29 is 13.2 Å². The van der Waals surface area contributed by atoms with Gasteiger partial charge in [0.15, 0.2) is 0 Å². The molecule has 0 radical (unpaired) electrons. The minimum absolute atomic E-state index is 0.0993. The van der Waals surface area contributed by atoms with Crippen molar-refractivity contribution >= 4 is 21.6 Å². The number of carbonyl (C=O) groups excluding carboxylic acids is 1. The fraction of sp³-hybridized carbons (Fsp3) is 0.200. The molecule has 1 aromatic heterocycles. The fourth-order valence-electron chi connectivity index (χ4n) is 2.79. The van der Waals surface area contributed by atoms with Gasteiger partial charge in [0.05, 0.1) is 16.8 Å². The van der Waals surface area contributed by atoms with Crippen LogP contribution in [-0.4, -0.2) is 36.1 Å². The summed E-state index contributed by atoms with van der Waals surface area (Å²) in [6.45, 7) is 2.25. The van der Waals surface area contributed by atoms with E-state index in [9.17, 15) is 13.2 Å². The molecule has 0 bridgehead atoms. The lowest BCUT2D eigenvalue weighted by molar-refractivity contribution is 0.0785. The monoisotopic (exact) mass is 398 g/mol. The number of hydrogen-bond donors (Lipinski definition) is 1. The molecule has 0 saturated heterocycles. The molecule has 0 unspecified atom stereocenters. The van der Waals surface area contributed by atoms with E-state index < -0.39 is 10.0 Å². The van der Waals surface area contributed by atoms with Crippen molar-refractivity contribution in [2.75, 3.05) is 11.8 Å². The summed E-state index contributed by atoms with van der Waals surface area (Å²) in [5.41, 5.74) is 2.69. The van der Waals surface area contributed by atoms with Crippen molar-refractivity contribution in [3.63, 3.8) is 0 Å². The van der Waals surface area contributed by atoms with Crippen LogP contribution in [0.15, 0.2) is 65.8 Å². The first-order valence-corrected chi connectivity index (χ1v) is 10.2. The fourth-order valence-corrected chi connectivity index (χ4v) is 3.92. The van der Waals surface area contributed by atoms with Gasteiger partial charge < -0.3 is 4.90 Å². The Morgan fingerprint density at radius 2 is 1.82 bits per heavy atom. The van der Waals surface area contributed by atoms with E-state index in [-0.39, 0.29) is 10.8 Å². The molecule has 0 atom stereocenters. The highest BCUT2D eigenvalue weighted by molar-refractivity contribution is 7.92. The summed E-state index contributed by atoms with van der Waals surface area (Å²) in [4.78, 5) is 14.2. The third-order valence-electron chi connectivity index (χ3n) is 4.33. The number of aryl methyl sites for hydroxylation is 2. The molecule has 0 aliphatic rings. The number of rotatable bonds is 6. The largest absolute Gasteiger partial charge is 0.337 e. The van der Waals surface area contributed by atoms with Gasteiger partial charge in [-0.3, -0.25) is 14.2 Å². The summed E-state index contributed by atoms with van der Waals surface area (Å²) in [6.07, 6.45) is 3.55. The lowest BCUT2D eigenvalue weighted by Crippen LogP contribution is -2.26. The average molecular weight is 398 g/mol. The first kappa shape index (κ1) is 19.6. The molecule has 0 spiro atoms. The Hall–Kier alpha value is -3.13. The van der Waals surface area contributed by atoms with Crippen molar-refractivity contribution in [1.82, 2.24) is 14.7 Å². The molecule has 7 nitrogen and oxygen atoms in total. The topological polar surface area (TPSA) is 84.3 Å². The highest BCUT2D eigenvalue weighted by Crippen LogP contribution is 2.20. The maximum atomic E-state index is 12.6. The normalized spacial score (nSPS) is 11.2. The molecule has 8 heteroatoms. The van der Waals surface area contributed by atoms with Gasteiger partial charge in [0.1, 0.15) is 0 Å². The molecule has 2 aromatic carbocycles. The van der Waals surface area contributed by atoms with Crippen LogP contribution in [-0.2, 0) is 23.6 Å². The minimum Gasteiger partial charge on any atom is -0.337 e. The number of hydrogen-bond acceptors (Lipinski definition) is 4. The molecule has 28 heavy (non-hydrogen) atoms. The number of anilines is 1. The van der Waals surface area contributed by atoms with Crippen LogP contribution in [0.2, 0.25) is 0 Å².